The number of carbonyl (C=O) groups is 1. The average Bonchev–Trinajstić information content (AvgIpc) is 3.04. The highest BCUT2D eigenvalue weighted by molar-refractivity contribution is 9.11. The van der Waals surface area contributed by atoms with Crippen LogP contribution in [0.4, 0.5) is 5.69 Å². The largest absolute Gasteiger partial charge is 0.485 e. The van der Waals surface area contributed by atoms with Crippen LogP contribution in [-0.2, 0) is 17.8 Å². The van der Waals surface area contributed by atoms with E-state index in [0.29, 0.717) is 6.61 Å². The third-order valence-corrected chi connectivity index (χ3v) is 5.68. The highest BCUT2D eigenvalue weighted by atomic mass is 79.9. The number of aryl methyl sites for hydroxylation is 1. The minimum absolute atomic E-state index is 0.0794. The second kappa shape index (κ2) is 8.79. The highest BCUT2D eigenvalue weighted by Gasteiger charge is 2.11. The quantitative estimate of drug-likeness (QED) is 0.474. The number of amides is 1. The summed E-state index contributed by atoms with van der Waals surface area (Å²) in [4.78, 5) is 16.6. The summed E-state index contributed by atoms with van der Waals surface area (Å²) >= 11 is 8.40. The molecule has 26 heavy (non-hydrogen) atoms. The Morgan fingerprint density at radius 1 is 1.15 bits per heavy atom. The predicted molar refractivity (Wildman–Crippen MR) is 112 cm³/mol. The van der Waals surface area contributed by atoms with Gasteiger partial charge in [-0.2, -0.15) is 0 Å². The first-order valence-electron chi connectivity index (χ1n) is 7.88. The number of thiazole rings is 1. The summed E-state index contributed by atoms with van der Waals surface area (Å²) in [5.74, 6) is 0.656. The summed E-state index contributed by atoms with van der Waals surface area (Å²) in [6.07, 6.45) is 0.247. The lowest BCUT2D eigenvalue weighted by Gasteiger charge is -2.08. The fourth-order valence-corrected chi connectivity index (χ4v) is 4.25. The molecule has 0 bridgehead atoms. The average molecular weight is 496 g/mol. The van der Waals surface area contributed by atoms with Gasteiger partial charge in [-0.25, -0.2) is 4.98 Å². The summed E-state index contributed by atoms with van der Waals surface area (Å²) in [6, 6.07) is 13.5. The topological polar surface area (TPSA) is 51.2 Å². The SMILES string of the molecule is Cc1ccc(NC(=O)Cc2nc(COc3c(Br)cccc3Br)cs2)cc1. The first-order chi connectivity index (χ1) is 12.5. The van der Waals surface area contributed by atoms with Crippen LogP contribution in [0.15, 0.2) is 56.8 Å². The van der Waals surface area contributed by atoms with Crippen LogP contribution in [-0.4, -0.2) is 10.9 Å². The summed E-state index contributed by atoms with van der Waals surface area (Å²) in [5, 5.41) is 5.56. The molecule has 0 aliphatic heterocycles. The van der Waals surface area contributed by atoms with Crippen LogP contribution in [0.5, 0.6) is 5.75 Å². The van der Waals surface area contributed by atoms with Gasteiger partial charge in [0.15, 0.2) is 0 Å². The lowest BCUT2D eigenvalue weighted by molar-refractivity contribution is -0.115. The van der Waals surface area contributed by atoms with Gasteiger partial charge in [0.2, 0.25) is 5.91 Å². The number of nitrogens with zero attached hydrogens (tertiary/aromatic N) is 1. The summed E-state index contributed by atoms with van der Waals surface area (Å²) < 4.78 is 7.58. The molecule has 0 aliphatic carbocycles. The van der Waals surface area contributed by atoms with Gasteiger partial charge >= 0.3 is 0 Å². The van der Waals surface area contributed by atoms with Crippen LogP contribution in [0, 0.1) is 6.92 Å². The number of hydrogen-bond acceptors (Lipinski definition) is 4. The van der Waals surface area contributed by atoms with Crippen LogP contribution in [0.3, 0.4) is 0 Å². The molecule has 0 spiro atoms. The second-order valence-corrected chi connectivity index (χ2v) is 8.31. The Hall–Kier alpha value is -1.70. The van der Waals surface area contributed by atoms with Crippen molar-refractivity contribution in [3.05, 3.63) is 73.1 Å². The smallest absolute Gasteiger partial charge is 0.231 e. The van der Waals surface area contributed by atoms with Crippen molar-refractivity contribution in [2.45, 2.75) is 20.0 Å². The molecule has 3 aromatic rings. The zero-order valence-corrected chi connectivity index (χ0v) is 17.9. The van der Waals surface area contributed by atoms with Crippen molar-refractivity contribution in [2.24, 2.45) is 0 Å². The zero-order chi connectivity index (χ0) is 18.5. The van der Waals surface area contributed by atoms with E-state index in [1.54, 1.807) is 0 Å². The molecule has 0 atom stereocenters. The maximum Gasteiger partial charge on any atom is 0.231 e. The lowest BCUT2D eigenvalue weighted by Crippen LogP contribution is -2.14. The summed E-state index contributed by atoms with van der Waals surface area (Å²) in [7, 11) is 0. The molecule has 7 heteroatoms. The van der Waals surface area contributed by atoms with E-state index in [1.807, 2.05) is 54.8 Å². The molecule has 134 valence electrons. The van der Waals surface area contributed by atoms with Gasteiger partial charge in [0.05, 0.1) is 21.1 Å². The maximum absolute atomic E-state index is 12.2. The van der Waals surface area contributed by atoms with Gasteiger partial charge in [-0.05, 0) is 63.0 Å². The molecule has 0 unspecified atom stereocenters. The third-order valence-electron chi connectivity index (χ3n) is 3.53. The lowest BCUT2D eigenvalue weighted by atomic mass is 10.2. The summed E-state index contributed by atoms with van der Waals surface area (Å²) in [5.41, 5.74) is 2.75. The predicted octanol–water partition coefficient (Wildman–Crippen LogP) is 5.74. The molecule has 0 aliphatic rings. The normalized spacial score (nSPS) is 10.6. The number of para-hydroxylation sites is 1. The minimum atomic E-state index is -0.0794. The maximum atomic E-state index is 12.2. The van der Waals surface area contributed by atoms with E-state index < -0.39 is 0 Å². The molecule has 1 aromatic heterocycles. The molecule has 0 saturated heterocycles. The Labute approximate surface area is 172 Å². The number of carbonyl (C=O) groups excluding carboxylic acids is 1. The first-order valence-corrected chi connectivity index (χ1v) is 10.3. The summed E-state index contributed by atoms with van der Waals surface area (Å²) in [6.45, 7) is 2.36. The van der Waals surface area contributed by atoms with Crippen molar-refractivity contribution in [3.8, 4) is 5.75 Å². The van der Waals surface area contributed by atoms with Crippen molar-refractivity contribution >= 4 is 54.8 Å². The van der Waals surface area contributed by atoms with Gasteiger partial charge in [0, 0.05) is 11.1 Å². The van der Waals surface area contributed by atoms with Crippen molar-refractivity contribution in [1.29, 1.82) is 0 Å². The Kier molecular flexibility index (Phi) is 6.45. The number of benzene rings is 2. The van der Waals surface area contributed by atoms with Crippen molar-refractivity contribution in [3.63, 3.8) is 0 Å². The van der Waals surface area contributed by atoms with Gasteiger partial charge in [-0.15, -0.1) is 11.3 Å². The van der Waals surface area contributed by atoms with E-state index in [9.17, 15) is 4.79 Å². The Morgan fingerprint density at radius 3 is 2.54 bits per heavy atom. The minimum Gasteiger partial charge on any atom is -0.485 e. The molecule has 2 aromatic carbocycles. The molecule has 3 rings (SSSR count). The van der Waals surface area contributed by atoms with E-state index >= 15 is 0 Å². The van der Waals surface area contributed by atoms with Gasteiger partial charge in [-0.1, -0.05) is 23.8 Å². The van der Waals surface area contributed by atoms with Crippen LogP contribution >= 0.6 is 43.2 Å². The number of rotatable bonds is 6. The van der Waals surface area contributed by atoms with Crippen LogP contribution in [0.2, 0.25) is 0 Å². The van der Waals surface area contributed by atoms with Crippen LogP contribution in [0.1, 0.15) is 16.3 Å². The molecular weight excluding hydrogens is 480 g/mol. The molecule has 1 heterocycles. The molecule has 4 nitrogen and oxygen atoms in total. The van der Waals surface area contributed by atoms with Crippen molar-refractivity contribution < 1.29 is 9.53 Å². The monoisotopic (exact) mass is 494 g/mol. The Morgan fingerprint density at radius 2 is 1.85 bits per heavy atom. The van der Waals surface area contributed by atoms with Gasteiger partial charge in [0.1, 0.15) is 17.4 Å². The third kappa shape index (κ3) is 5.16. The van der Waals surface area contributed by atoms with E-state index in [2.05, 4.69) is 42.2 Å². The fourth-order valence-electron chi connectivity index (χ4n) is 2.24. The van der Waals surface area contributed by atoms with Crippen LogP contribution in [0.25, 0.3) is 0 Å². The van der Waals surface area contributed by atoms with E-state index in [1.165, 1.54) is 11.3 Å². The standard InChI is InChI=1S/C19H16Br2N2O2S/c1-12-5-7-13(8-6-12)22-17(24)9-18-23-14(11-26-18)10-25-19-15(20)3-2-4-16(19)21/h2-8,11H,9-10H2,1H3,(H,22,24). The fraction of sp³-hybridized carbons (Fsp3) is 0.158. The number of ether oxygens (including phenoxy) is 1. The number of aromatic nitrogens is 1. The second-order valence-electron chi connectivity index (χ2n) is 5.66. The van der Waals surface area contributed by atoms with Crippen molar-refractivity contribution in [1.82, 2.24) is 4.98 Å². The molecule has 1 amide bonds. The number of hydrogen-bond donors (Lipinski definition) is 1. The van der Waals surface area contributed by atoms with Gasteiger partial charge in [0.25, 0.3) is 0 Å². The van der Waals surface area contributed by atoms with Crippen molar-refractivity contribution in [2.75, 3.05) is 5.32 Å². The molecule has 0 saturated carbocycles. The Bertz CT molecular complexity index is 890. The van der Waals surface area contributed by atoms with E-state index in [0.717, 1.165) is 36.6 Å². The zero-order valence-electron chi connectivity index (χ0n) is 14.0. The van der Waals surface area contributed by atoms with E-state index in [4.69, 9.17) is 4.74 Å². The van der Waals surface area contributed by atoms with Gasteiger partial charge < -0.3 is 10.1 Å². The highest BCUT2D eigenvalue weighted by Crippen LogP contribution is 2.33. The molecule has 0 fully saturated rings. The van der Waals surface area contributed by atoms with Crippen LogP contribution < -0.4 is 10.1 Å². The molecule has 1 N–H and O–H groups in total. The number of halogens is 2. The first kappa shape index (κ1) is 19.1. The Balaban J connectivity index is 1.56. The van der Waals surface area contributed by atoms with Gasteiger partial charge in [-0.3, -0.25) is 4.79 Å². The molecular formula is C19H16Br2N2O2S. The molecule has 0 radical (unpaired) electrons. The number of nitrogens with one attached hydrogen (secondary N) is 1. The number of anilines is 1. The van der Waals surface area contributed by atoms with E-state index in [-0.39, 0.29) is 12.3 Å².